The molecular weight excluding hydrogens is 340 g/mol. The second-order valence-corrected chi connectivity index (χ2v) is 9.01. The number of sulfone groups is 1. The van der Waals surface area contributed by atoms with Crippen LogP contribution in [0.2, 0.25) is 0 Å². The first kappa shape index (κ1) is 21.2. The first-order valence-corrected chi connectivity index (χ1v) is 11.1. The lowest BCUT2D eigenvalue weighted by atomic mass is 10.0. The first-order chi connectivity index (χ1) is 11.4. The minimum atomic E-state index is -3.39. The third kappa shape index (κ3) is 6.60. The van der Waals surface area contributed by atoms with Crippen molar-refractivity contribution in [2.24, 2.45) is 0 Å². The van der Waals surface area contributed by atoms with Crippen molar-refractivity contribution in [1.29, 1.82) is 0 Å². The van der Waals surface area contributed by atoms with Gasteiger partial charge in [-0.15, -0.1) is 11.6 Å². The molecule has 0 spiro atoms. The summed E-state index contributed by atoms with van der Waals surface area (Å²) in [5.41, 5.74) is 1.79. The first-order valence-electron chi connectivity index (χ1n) is 8.97. The van der Waals surface area contributed by atoms with Crippen molar-refractivity contribution in [2.75, 3.05) is 5.88 Å². The van der Waals surface area contributed by atoms with Crippen LogP contribution in [-0.2, 0) is 9.84 Å². The summed E-state index contributed by atoms with van der Waals surface area (Å²) in [7, 11) is -3.39. The molecule has 1 rings (SSSR count). The van der Waals surface area contributed by atoms with Crippen LogP contribution in [0.3, 0.4) is 0 Å². The fourth-order valence-corrected chi connectivity index (χ4v) is 4.98. The van der Waals surface area contributed by atoms with Gasteiger partial charge in [0.1, 0.15) is 0 Å². The number of benzene rings is 1. The average Bonchev–Trinajstić information content (AvgIpc) is 2.54. The lowest BCUT2D eigenvalue weighted by Crippen LogP contribution is -2.24. The van der Waals surface area contributed by atoms with Crippen molar-refractivity contribution in [1.82, 2.24) is 0 Å². The Morgan fingerprint density at radius 2 is 1.67 bits per heavy atom. The minimum Gasteiger partial charge on any atom is -0.223 e. The van der Waals surface area contributed by atoms with Gasteiger partial charge in [0, 0.05) is 5.88 Å². The van der Waals surface area contributed by atoms with Crippen LogP contribution in [0.4, 0.5) is 0 Å². The third-order valence-electron chi connectivity index (χ3n) is 4.41. The van der Waals surface area contributed by atoms with Crippen LogP contribution in [0.15, 0.2) is 41.3 Å². The highest BCUT2D eigenvalue weighted by Crippen LogP contribution is 2.27. The molecule has 0 radical (unpaired) electrons. The Balaban J connectivity index is 2.80. The summed E-state index contributed by atoms with van der Waals surface area (Å²) >= 11 is 5.82. The molecule has 0 aromatic heterocycles. The summed E-state index contributed by atoms with van der Waals surface area (Å²) in [5.74, 6) is 0.412. The Kier molecular flexibility index (Phi) is 9.68. The van der Waals surface area contributed by atoms with E-state index in [1.165, 1.54) is 25.7 Å². The van der Waals surface area contributed by atoms with Crippen LogP contribution in [0.25, 0.3) is 0 Å². The molecule has 136 valence electrons. The summed E-state index contributed by atoms with van der Waals surface area (Å²) in [6, 6.07) is 7.10. The van der Waals surface area contributed by atoms with E-state index in [2.05, 4.69) is 13.5 Å². The third-order valence-corrected chi connectivity index (χ3v) is 6.85. The molecule has 0 amide bonds. The van der Waals surface area contributed by atoms with Crippen molar-refractivity contribution < 1.29 is 8.42 Å². The molecule has 0 saturated carbocycles. The zero-order valence-electron chi connectivity index (χ0n) is 15.1. The Morgan fingerprint density at radius 1 is 1.08 bits per heavy atom. The largest absolute Gasteiger partial charge is 0.223 e. The normalized spacial score (nSPS) is 13.0. The number of rotatable bonds is 12. The molecule has 1 unspecified atom stereocenters. The maximum Gasteiger partial charge on any atom is 0.185 e. The van der Waals surface area contributed by atoms with Crippen LogP contribution in [0.1, 0.15) is 63.9 Å². The number of aryl methyl sites for hydroxylation is 1. The maximum absolute atomic E-state index is 13.0. The molecule has 0 fully saturated rings. The molecule has 1 aromatic rings. The molecule has 1 atom stereocenters. The number of unbranched alkanes of at least 4 members (excludes halogenated alkanes) is 5. The van der Waals surface area contributed by atoms with Gasteiger partial charge in [0.15, 0.2) is 9.84 Å². The van der Waals surface area contributed by atoms with Crippen molar-refractivity contribution >= 4 is 21.4 Å². The van der Waals surface area contributed by atoms with Crippen LogP contribution in [0, 0.1) is 6.92 Å². The quantitative estimate of drug-likeness (QED) is 0.254. The Morgan fingerprint density at radius 3 is 2.25 bits per heavy atom. The second kappa shape index (κ2) is 10.9. The monoisotopic (exact) mass is 370 g/mol. The molecule has 24 heavy (non-hydrogen) atoms. The second-order valence-electron chi connectivity index (χ2n) is 6.50. The van der Waals surface area contributed by atoms with E-state index >= 15 is 0 Å². The van der Waals surface area contributed by atoms with Gasteiger partial charge in [-0.1, -0.05) is 75.3 Å². The molecule has 0 aliphatic carbocycles. The number of hydrogen-bond donors (Lipinski definition) is 0. The smallest absolute Gasteiger partial charge is 0.185 e. The van der Waals surface area contributed by atoms with Gasteiger partial charge >= 0.3 is 0 Å². The Bertz CT molecular complexity index is 591. The zero-order chi connectivity index (χ0) is 18.0. The van der Waals surface area contributed by atoms with Gasteiger partial charge in [-0.25, -0.2) is 8.42 Å². The highest BCUT2D eigenvalue weighted by atomic mass is 35.5. The van der Waals surface area contributed by atoms with Gasteiger partial charge in [0.25, 0.3) is 0 Å². The van der Waals surface area contributed by atoms with Crippen molar-refractivity contribution in [3.63, 3.8) is 0 Å². The maximum atomic E-state index is 13.0. The van der Waals surface area contributed by atoms with Crippen LogP contribution >= 0.6 is 11.6 Å². The predicted octanol–water partition coefficient (Wildman–Crippen LogP) is 6.07. The van der Waals surface area contributed by atoms with Crippen LogP contribution in [0.5, 0.6) is 0 Å². The molecule has 0 saturated heterocycles. The van der Waals surface area contributed by atoms with E-state index in [1.807, 2.05) is 19.1 Å². The van der Waals surface area contributed by atoms with E-state index < -0.39 is 15.1 Å². The van der Waals surface area contributed by atoms with E-state index in [9.17, 15) is 8.42 Å². The lowest BCUT2D eigenvalue weighted by molar-refractivity contribution is 0.557. The average molecular weight is 371 g/mol. The number of halogens is 1. The SMILES string of the molecule is C=C(CCCl)C(CCCCCCCC)S(=O)(=O)c1ccc(C)cc1. The molecule has 0 aliphatic rings. The number of hydrogen-bond acceptors (Lipinski definition) is 2. The van der Waals surface area contributed by atoms with Crippen LogP contribution < -0.4 is 0 Å². The highest BCUT2D eigenvalue weighted by molar-refractivity contribution is 7.92. The summed E-state index contributed by atoms with van der Waals surface area (Å²) < 4.78 is 26.0. The van der Waals surface area contributed by atoms with Gasteiger partial charge in [-0.3, -0.25) is 0 Å². The van der Waals surface area contributed by atoms with Gasteiger partial charge in [-0.05, 0) is 31.9 Å². The highest BCUT2D eigenvalue weighted by Gasteiger charge is 2.29. The number of alkyl halides is 1. The van der Waals surface area contributed by atoms with Crippen molar-refractivity contribution in [3.05, 3.63) is 42.0 Å². The predicted molar refractivity (Wildman–Crippen MR) is 105 cm³/mol. The molecule has 0 N–H and O–H groups in total. The molecule has 2 nitrogen and oxygen atoms in total. The molecular formula is C20H31ClO2S. The topological polar surface area (TPSA) is 34.1 Å². The van der Waals surface area contributed by atoms with Crippen molar-refractivity contribution in [3.8, 4) is 0 Å². The van der Waals surface area contributed by atoms with Crippen LogP contribution in [-0.4, -0.2) is 19.5 Å². The molecule has 0 heterocycles. The summed E-state index contributed by atoms with van der Waals surface area (Å²) in [6.45, 7) is 8.17. The molecule has 0 aliphatic heterocycles. The Hall–Kier alpha value is -0.800. The summed E-state index contributed by atoms with van der Waals surface area (Å²) in [6.07, 6.45) is 8.06. The van der Waals surface area contributed by atoms with E-state index in [4.69, 9.17) is 11.6 Å². The standard InChI is InChI=1S/C20H31ClO2S/c1-4-5-6-7-8-9-10-20(18(3)15-16-21)24(22,23)19-13-11-17(2)12-14-19/h11-14,20H,3-10,15-16H2,1-2H3. The summed E-state index contributed by atoms with van der Waals surface area (Å²) in [4.78, 5) is 0.389. The van der Waals surface area contributed by atoms with Gasteiger partial charge < -0.3 is 0 Å². The van der Waals surface area contributed by atoms with Gasteiger partial charge in [-0.2, -0.15) is 0 Å². The molecule has 1 aromatic carbocycles. The fraction of sp³-hybridized carbons (Fsp3) is 0.600. The van der Waals surface area contributed by atoms with Gasteiger partial charge in [0.05, 0.1) is 10.1 Å². The molecule has 4 heteroatoms. The Labute approximate surface area is 153 Å². The minimum absolute atomic E-state index is 0.389. The fourth-order valence-electron chi connectivity index (χ4n) is 2.86. The molecule has 0 bridgehead atoms. The lowest BCUT2D eigenvalue weighted by Gasteiger charge is -2.20. The van der Waals surface area contributed by atoms with E-state index in [1.54, 1.807) is 12.1 Å². The van der Waals surface area contributed by atoms with E-state index in [-0.39, 0.29) is 0 Å². The van der Waals surface area contributed by atoms with E-state index in [0.717, 1.165) is 24.0 Å². The summed E-state index contributed by atoms with van der Waals surface area (Å²) in [5, 5.41) is -0.523. The van der Waals surface area contributed by atoms with E-state index in [0.29, 0.717) is 23.6 Å². The van der Waals surface area contributed by atoms with Crippen molar-refractivity contribution in [2.45, 2.75) is 75.4 Å². The zero-order valence-corrected chi connectivity index (χ0v) is 16.6. The van der Waals surface area contributed by atoms with Gasteiger partial charge in [0.2, 0.25) is 0 Å².